The zero-order valence-electron chi connectivity index (χ0n) is 10.5. The first-order valence-electron chi connectivity index (χ1n) is 6.65. The summed E-state index contributed by atoms with van der Waals surface area (Å²) in [5, 5.41) is 3.70. The van der Waals surface area contributed by atoms with Crippen LogP contribution in [0.1, 0.15) is 45.1 Å². The lowest BCUT2D eigenvalue weighted by Crippen LogP contribution is -2.24. The molecule has 1 aromatic carbocycles. The first kappa shape index (κ1) is 11.5. The Morgan fingerprint density at radius 1 is 1.25 bits per heavy atom. The van der Waals surface area contributed by atoms with Gasteiger partial charge in [-0.1, -0.05) is 38.0 Å². The zero-order chi connectivity index (χ0) is 11.4. The fourth-order valence-electron chi connectivity index (χ4n) is 2.79. The molecule has 0 heterocycles. The first-order chi connectivity index (χ1) is 7.81. The predicted molar refractivity (Wildman–Crippen MR) is 70.9 cm³/mol. The van der Waals surface area contributed by atoms with E-state index in [0.29, 0.717) is 6.04 Å². The average Bonchev–Trinajstić information content (AvgIpc) is 2.83. The topological polar surface area (TPSA) is 12.0 Å². The minimum Gasteiger partial charge on any atom is -0.382 e. The molecule has 0 saturated heterocycles. The van der Waals surface area contributed by atoms with Crippen molar-refractivity contribution in [3.05, 3.63) is 29.8 Å². The van der Waals surface area contributed by atoms with E-state index in [1.54, 1.807) is 0 Å². The summed E-state index contributed by atoms with van der Waals surface area (Å²) in [6, 6.07) is 9.32. The number of hydrogen-bond acceptors (Lipinski definition) is 1. The summed E-state index contributed by atoms with van der Waals surface area (Å²) in [5.41, 5.74) is 2.77. The third-order valence-corrected chi connectivity index (χ3v) is 3.89. The number of anilines is 1. The van der Waals surface area contributed by atoms with Crippen LogP contribution in [0.3, 0.4) is 0 Å². The predicted octanol–water partition coefficient (Wildman–Crippen LogP) is 4.24. The maximum Gasteiger partial charge on any atom is 0.0374 e. The maximum atomic E-state index is 3.70. The number of hydrogen-bond donors (Lipinski definition) is 1. The van der Waals surface area contributed by atoms with Crippen LogP contribution in [0.5, 0.6) is 0 Å². The molecule has 1 nitrogen and oxygen atoms in total. The Labute approximate surface area is 99.3 Å². The lowest BCUT2D eigenvalue weighted by atomic mass is 9.99. The van der Waals surface area contributed by atoms with Gasteiger partial charge < -0.3 is 5.32 Å². The molecule has 0 amide bonds. The Balaban J connectivity index is 2.01. The molecule has 1 aliphatic carbocycles. The summed E-state index contributed by atoms with van der Waals surface area (Å²) in [6.45, 7) is 4.56. The average molecular weight is 217 g/mol. The second-order valence-corrected chi connectivity index (χ2v) is 4.99. The molecule has 1 unspecified atom stereocenters. The van der Waals surface area contributed by atoms with Crippen LogP contribution in [-0.4, -0.2) is 6.04 Å². The Morgan fingerprint density at radius 2 is 1.94 bits per heavy atom. The van der Waals surface area contributed by atoms with Crippen LogP contribution >= 0.6 is 0 Å². The van der Waals surface area contributed by atoms with E-state index < -0.39 is 0 Å². The van der Waals surface area contributed by atoms with Crippen molar-refractivity contribution in [2.24, 2.45) is 5.92 Å². The lowest BCUT2D eigenvalue weighted by molar-refractivity contribution is 0.482. The van der Waals surface area contributed by atoms with Crippen LogP contribution in [0.4, 0.5) is 5.69 Å². The van der Waals surface area contributed by atoms with Crippen molar-refractivity contribution >= 4 is 5.69 Å². The van der Waals surface area contributed by atoms with Crippen molar-refractivity contribution in [1.29, 1.82) is 0 Å². The highest BCUT2D eigenvalue weighted by Crippen LogP contribution is 2.29. The monoisotopic (exact) mass is 217 g/mol. The summed E-state index contributed by atoms with van der Waals surface area (Å²) < 4.78 is 0. The molecule has 0 bridgehead atoms. The van der Waals surface area contributed by atoms with Crippen molar-refractivity contribution in [2.75, 3.05) is 5.32 Å². The van der Waals surface area contributed by atoms with Crippen molar-refractivity contribution in [3.63, 3.8) is 0 Å². The van der Waals surface area contributed by atoms with E-state index in [4.69, 9.17) is 0 Å². The van der Waals surface area contributed by atoms with Crippen LogP contribution in [0.2, 0.25) is 0 Å². The Hall–Kier alpha value is -0.980. The molecule has 2 rings (SSSR count). The number of rotatable bonds is 4. The van der Waals surface area contributed by atoms with Crippen LogP contribution in [0.25, 0.3) is 0 Å². The van der Waals surface area contributed by atoms with Crippen LogP contribution < -0.4 is 5.32 Å². The number of benzene rings is 1. The second-order valence-electron chi connectivity index (χ2n) is 4.99. The van der Waals surface area contributed by atoms with Gasteiger partial charge in [0.2, 0.25) is 0 Å². The normalized spacial score (nSPS) is 18.6. The highest BCUT2D eigenvalue weighted by molar-refractivity contribution is 5.51. The fraction of sp³-hybridized carbons (Fsp3) is 0.600. The highest BCUT2D eigenvalue weighted by Gasteiger charge is 2.21. The van der Waals surface area contributed by atoms with Crippen LogP contribution in [0, 0.1) is 5.92 Å². The molecule has 1 saturated carbocycles. The molecule has 0 spiro atoms. The molecule has 88 valence electrons. The number of para-hydroxylation sites is 1. The Kier molecular flexibility index (Phi) is 3.87. The van der Waals surface area contributed by atoms with Gasteiger partial charge in [-0.3, -0.25) is 0 Å². The Morgan fingerprint density at radius 3 is 2.62 bits per heavy atom. The summed E-state index contributed by atoms with van der Waals surface area (Å²) in [7, 11) is 0. The molecule has 0 radical (unpaired) electrons. The summed E-state index contributed by atoms with van der Waals surface area (Å²) in [5.74, 6) is 0.880. The van der Waals surface area contributed by atoms with E-state index in [1.807, 2.05) is 0 Å². The van der Waals surface area contributed by atoms with E-state index in [2.05, 4.69) is 43.4 Å². The van der Waals surface area contributed by atoms with Gasteiger partial charge in [-0.15, -0.1) is 0 Å². The van der Waals surface area contributed by atoms with Gasteiger partial charge in [0.15, 0.2) is 0 Å². The second kappa shape index (κ2) is 5.38. The summed E-state index contributed by atoms with van der Waals surface area (Å²) in [4.78, 5) is 0. The van der Waals surface area contributed by atoms with E-state index >= 15 is 0 Å². The van der Waals surface area contributed by atoms with Crippen LogP contribution in [0.15, 0.2) is 24.3 Å². The van der Waals surface area contributed by atoms with E-state index in [0.717, 1.165) is 12.3 Å². The van der Waals surface area contributed by atoms with Crippen molar-refractivity contribution < 1.29 is 0 Å². The Bertz CT molecular complexity index is 326. The van der Waals surface area contributed by atoms with E-state index in [1.165, 1.54) is 36.9 Å². The SMILES string of the molecule is CCc1ccccc1NC(C)C1CCCC1. The molecule has 1 heteroatoms. The molecule has 1 fully saturated rings. The van der Waals surface area contributed by atoms with E-state index in [-0.39, 0.29) is 0 Å². The van der Waals surface area contributed by atoms with Gasteiger partial charge in [-0.25, -0.2) is 0 Å². The third kappa shape index (κ3) is 2.58. The molecule has 1 aromatic rings. The molecule has 0 aliphatic heterocycles. The largest absolute Gasteiger partial charge is 0.382 e. The van der Waals surface area contributed by atoms with Gasteiger partial charge in [0.25, 0.3) is 0 Å². The highest BCUT2D eigenvalue weighted by atomic mass is 14.9. The van der Waals surface area contributed by atoms with Gasteiger partial charge in [0.05, 0.1) is 0 Å². The minimum atomic E-state index is 0.621. The number of aryl methyl sites for hydroxylation is 1. The standard InChI is InChI=1S/C15H23N/c1-3-13-8-6-7-11-15(13)16-12(2)14-9-4-5-10-14/h6-8,11-12,14,16H,3-5,9-10H2,1-2H3. The summed E-state index contributed by atoms with van der Waals surface area (Å²) >= 11 is 0. The van der Waals surface area contributed by atoms with Gasteiger partial charge >= 0.3 is 0 Å². The van der Waals surface area contributed by atoms with E-state index in [9.17, 15) is 0 Å². The lowest BCUT2D eigenvalue weighted by Gasteiger charge is -2.23. The maximum absolute atomic E-state index is 3.70. The minimum absolute atomic E-state index is 0.621. The first-order valence-corrected chi connectivity index (χ1v) is 6.65. The molecule has 1 atom stereocenters. The van der Waals surface area contributed by atoms with Gasteiger partial charge in [0, 0.05) is 11.7 Å². The molecule has 16 heavy (non-hydrogen) atoms. The quantitative estimate of drug-likeness (QED) is 0.795. The molecular weight excluding hydrogens is 194 g/mol. The van der Waals surface area contributed by atoms with Crippen LogP contribution in [-0.2, 0) is 6.42 Å². The molecule has 0 aromatic heterocycles. The van der Waals surface area contributed by atoms with Crippen molar-refractivity contribution in [1.82, 2.24) is 0 Å². The molecular formula is C15H23N. The van der Waals surface area contributed by atoms with Gasteiger partial charge in [0.1, 0.15) is 0 Å². The van der Waals surface area contributed by atoms with Crippen molar-refractivity contribution in [2.45, 2.75) is 52.0 Å². The fourth-order valence-corrected chi connectivity index (χ4v) is 2.79. The molecule has 1 aliphatic rings. The summed E-state index contributed by atoms with van der Waals surface area (Å²) in [6.07, 6.45) is 6.77. The third-order valence-electron chi connectivity index (χ3n) is 3.89. The zero-order valence-corrected chi connectivity index (χ0v) is 10.5. The van der Waals surface area contributed by atoms with Gasteiger partial charge in [-0.2, -0.15) is 0 Å². The van der Waals surface area contributed by atoms with Crippen molar-refractivity contribution in [3.8, 4) is 0 Å². The number of nitrogens with one attached hydrogen (secondary N) is 1. The van der Waals surface area contributed by atoms with Gasteiger partial charge in [-0.05, 0) is 43.7 Å². The molecule has 1 N–H and O–H groups in total. The smallest absolute Gasteiger partial charge is 0.0374 e.